The second-order valence-electron chi connectivity index (χ2n) is 4.12. The van der Waals surface area contributed by atoms with E-state index >= 15 is 0 Å². The summed E-state index contributed by atoms with van der Waals surface area (Å²) in [6.45, 7) is 5.69. The molecule has 21 heavy (non-hydrogen) atoms. The minimum Gasteiger partial charge on any atom is -0.300 e. The van der Waals surface area contributed by atoms with Crippen molar-refractivity contribution >= 4 is 45.9 Å². The van der Waals surface area contributed by atoms with E-state index in [4.69, 9.17) is 0 Å². The Morgan fingerprint density at radius 1 is 1.33 bits per heavy atom. The van der Waals surface area contributed by atoms with Crippen LogP contribution < -0.4 is 5.32 Å². The highest BCUT2D eigenvalue weighted by Gasteiger charge is 2.08. The van der Waals surface area contributed by atoms with Crippen LogP contribution in [0.15, 0.2) is 46.2 Å². The van der Waals surface area contributed by atoms with Gasteiger partial charge in [0.05, 0.1) is 5.75 Å². The SMILES string of the molecule is C=CCSc1nnc(NC(=O)CSc2ccc(C)cc2)s1. The van der Waals surface area contributed by atoms with Gasteiger partial charge < -0.3 is 0 Å². The van der Waals surface area contributed by atoms with E-state index in [0.717, 1.165) is 15.0 Å². The van der Waals surface area contributed by atoms with Gasteiger partial charge in [-0.05, 0) is 19.1 Å². The van der Waals surface area contributed by atoms with Gasteiger partial charge in [-0.15, -0.1) is 28.5 Å². The van der Waals surface area contributed by atoms with Gasteiger partial charge in [-0.25, -0.2) is 0 Å². The first-order valence-corrected chi connectivity index (χ1v) is 9.02. The standard InChI is InChI=1S/C14H15N3OS3/c1-3-8-19-14-17-16-13(21-14)15-12(18)9-20-11-6-4-10(2)5-7-11/h3-7H,1,8-9H2,2H3,(H,15,16,18). The predicted octanol–water partition coefficient (Wildman–Crippen LogP) is 3.86. The van der Waals surface area contributed by atoms with Crippen LogP contribution in [-0.4, -0.2) is 27.6 Å². The zero-order valence-electron chi connectivity index (χ0n) is 11.5. The van der Waals surface area contributed by atoms with E-state index in [1.165, 1.54) is 28.7 Å². The summed E-state index contributed by atoms with van der Waals surface area (Å²) < 4.78 is 0.830. The molecule has 0 saturated carbocycles. The molecule has 2 aromatic rings. The minimum absolute atomic E-state index is 0.0722. The molecule has 0 spiro atoms. The number of benzene rings is 1. The molecule has 1 amide bonds. The molecule has 4 nitrogen and oxygen atoms in total. The van der Waals surface area contributed by atoms with Crippen LogP contribution in [0.1, 0.15) is 5.56 Å². The molecule has 7 heteroatoms. The quantitative estimate of drug-likeness (QED) is 0.472. The third kappa shape index (κ3) is 5.53. The highest BCUT2D eigenvalue weighted by molar-refractivity contribution is 8.01. The molecule has 0 bridgehead atoms. The number of nitrogens with zero attached hydrogens (tertiary/aromatic N) is 2. The van der Waals surface area contributed by atoms with E-state index in [9.17, 15) is 4.79 Å². The molecule has 1 heterocycles. The minimum atomic E-state index is -0.0722. The van der Waals surface area contributed by atoms with Crippen molar-refractivity contribution in [1.29, 1.82) is 0 Å². The first-order chi connectivity index (χ1) is 10.2. The van der Waals surface area contributed by atoms with E-state index in [1.54, 1.807) is 11.8 Å². The fraction of sp³-hybridized carbons (Fsp3) is 0.214. The van der Waals surface area contributed by atoms with Crippen molar-refractivity contribution in [3.8, 4) is 0 Å². The summed E-state index contributed by atoms with van der Waals surface area (Å²) in [4.78, 5) is 12.9. The molecule has 0 fully saturated rings. The van der Waals surface area contributed by atoms with Gasteiger partial charge in [0.25, 0.3) is 0 Å². The summed E-state index contributed by atoms with van der Waals surface area (Å²) in [6, 6.07) is 8.10. The molecule has 0 aliphatic heterocycles. The largest absolute Gasteiger partial charge is 0.300 e. The van der Waals surface area contributed by atoms with E-state index in [0.29, 0.717) is 10.9 Å². The second kappa shape index (κ2) is 8.21. The van der Waals surface area contributed by atoms with Crippen molar-refractivity contribution in [1.82, 2.24) is 10.2 Å². The molecule has 1 N–H and O–H groups in total. The van der Waals surface area contributed by atoms with E-state index < -0.39 is 0 Å². The van der Waals surface area contributed by atoms with Gasteiger partial charge in [0.15, 0.2) is 4.34 Å². The van der Waals surface area contributed by atoms with Crippen LogP contribution in [0.3, 0.4) is 0 Å². The number of amides is 1. The summed E-state index contributed by atoms with van der Waals surface area (Å²) in [5.41, 5.74) is 1.21. The Morgan fingerprint density at radius 2 is 2.10 bits per heavy atom. The lowest BCUT2D eigenvalue weighted by molar-refractivity contribution is -0.113. The molecular weight excluding hydrogens is 322 g/mol. The maximum Gasteiger partial charge on any atom is 0.236 e. The number of nitrogens with one attached hydrogen (secondary N) is 1. The lowest BCUT2D eigenvalue weighted by atomic mass is 10.2. The zero-order valence-corrected chi connectivity index (χ0v) is 14.0. The van der Waals surface area contributed by atoms with E-state index in [-0.39, 0.29) is 5.91 Å². The van der Waals surface area contributed by atoms with Crippen LogP contribution in [0.5, 0.6) is 0 Å². The number of anilines is 1. The van der Waals surface area contributed by atoms with Crippen molar-refractivity contribution in [2.45, 2.75) is 16.2 Å². The lowest BCUT2D eigenvalue weighted by Crippen LogP contribution is -2.13. The number of aromatic nitrogens is 2. The smallest absolute Gasteiger partial charge is 0.236 e. The number of aryl methyl sites for hydroxylation is 1. The van der Waals surface area contributed by atoms with Gasteiger partial charge in [-0.1, -0.05) is 46.9 Å². The zero-order chi connectivity index (χ0) is 15.1. The summed E-state index contributed by atoms with van der Waals surface area (Å²) in [5, 5.41) is 11.2. The van der Waals surface area contributed by atoms with Gasteiger partial charge in [-0.3, -0.25) is 10.1 Å². The van der Waals surface area contributed by atoms with E-state index in [2.05, 4.69) is 22.1 Å². The monoisotopic (exact) mass is 337 g/mol. The fourth-order valence-corrected chi connectivity index (χ4v) is 3.62. The molecule has 0 radical (unpaired) electrons. The van der Waals surface area contributed by atoms with Crippen molar-refractivity contribution in [3.05, 3.63) is 42.5 Å². The average Bonchev–Trinajstić information content (AvgIpc) is 2.92. The summed E-state index contributed by atoms with van der Waals surface area (Å²) in [6.07, 6.45) is 1.81. The highest BCUT2D eigenvalue weighted by Crippen LogP contribution is 2.25. The molecule has 0 aliphatic carbocycles. The number of carbonyl (C=O) groups excluding carboxylic acids is 1. The Bertz CT molecular complexity index is 610. The van der Waals surface area contributed by atoms with Crippen LogP contribution in [0.2, 0.25) is 0 Å². The number of hydrogen-bond acceptors (Lipinski definition) is 6. The maximum atomic E-state index is 11.9. The molecule has 1 aromatic heterocycles. The first-order valence-electron chi connectivity index (χ1n) is 6.24. The third-order valence-corrected chi connectivity index (χ3v) is 5.35. The summed E-state index contributed by atoms with van der Waals surface area (Å²) in [5.74, 6) is 1.07. The molecule has 1 aromatic carbocycles. The van der Waals surface area contributed by atoms with Crippen molar-refractivity contribution < 1.29 is 4.79 Å². The lowest BCUT2D eigenvalue weighted by Gasteiger charge is -2.02. The Hall–Kier alpha value is -1.31. The molecule has 0 saturated heterocycles. The number of hydrogen-bond donors (Lipinski definition) is 1. The highest BCUT2D eigenvalue weighted by atomic mass is 32.2. The number of rotatable bonds is 7. The van der Waals surface area contributed by atoms with Crippen LogP contribution in [0.4, 0.5) is 5.13 Å². The van der Waals surface area contributed by atoms with Crippen molar-refractivity contribution in [3.63, 3.8) is 0 Å². The molecular formula is C14H15N3OS3. The van der Waals surface area contributed by atoms with Gasteiger partial charge in [0, 0.05) is 10.6 Å². The van der Waals surface area contributed by atoms with Crippen molar-refractivity contribution in [2.75, 3.05) is 16.8 Å². The number of carbonyl (C=O) groups is 1. The summed E-state index contributed by atoms with van der Waals surface area (Å²) in [7, 11) is 0. The third-order valence-electron chi connectivity index (χ3n) is 2.37. The normalized spacial score (nSPS) is 10.3. The second-order valence-corrected chi connectivity index (χ2v) is 7.42. The first kappa shape index (κ1) is 16.1. The molecule has 0 aliphatic rings. The van der Waals surface area contributed by atoms with Gasteiger partial charge in [0.2, 0.25) is 11.0 Å². The van der Waals surface area contributed by atoms with Crippen LogP contribution >= 0.6 is 34.9 Å². The topological polar surface area (TPSA) is 54.9 Å². The Labute approximate surface area is 136 Å². The van der Waals surface area contributed by atoms with Gasteiger partial charge in [-0.2, -0.15) is 0 Å². The Balaban J connectivity index is 1.80. The average molecular weight is 337 g/mol. The molecule has 2 rings (SSSR count). The van der Waals surface area contributed by atoms with Crippen LogP contribution in [-0.2, 0) is 4.79 Å². The Kier molecular flexibility index (Phi) is 6.28. The molecule has 0 atom stereocenters. The molecule has 110 valence electrons. The molecule has 0 unspecified atom stereocenters. The maximum absolute atomic E-state index is 11.9. The number of thioether (sulfide) groups is 2. The van der Waals surface area contributed by atoms with E-state index in [1.807, 2.05) is 37.3 Å². The fourth-order valence-electron chi connectivity index (χ4n) is 1.39. The Morgan fingerprint density at radius 3 is 2.81 bits per heavy atom. The van der Waals surface area contributed by atoms with Gasteiger partial charge >= 0.3 is 0 Å². The summed E-state index contributed by atoms with van der Waals surface area (Å²) >= 11 is 4.43. The van der Waals surface area contributed by atoms with Gasteiger partial charge in [0.1, 0.15) is 0 Å². The van der Waals surface area contributed by atoms with Crippen LogP contribution in [0.25, 0.3) is 0 Å². The predicted molar refractivity (Wildman–Crippen MR) is 91.4 cm³/mol. The van der Waals surface area contributed by atoms with Crippen molar-refractivity contribution in [2.24, 2.45) is 0 Å². The van der Waals surface area contributed by atoms with Crippen LogP contribution in [0, 0.1) is 6.92 Å².